The monoisotopic (exact) mass is 569 g/mol. The van der Waals surface area contributed by atoms with Crippen LogP contribution in [0.15, 0.2) is 60.7 Å². The summed E-state index contributed by atoms with van der Waals surface area (Å²) in [6.45, 7) is 2.95. The molecule has 2 aliphatic heterocycles. The third kappa shape index (κ3) is 4.49. The Morgan fingerprint density at radius 2 is 1.78 bits per heavy atom. The van der Waals surface area contributed by atoms with Crippen LogP contribution in [-0.4, -0.2) is 34.1 Å². The highest BCUT2D eigenvalue weighted by atomic mass is 32.1. The van der Waals surface area contributed by atoms with Gasteiger partial charge in [0.1, 0.15) is 5.69 Å². The van der Waals surface area contributed by atoms with Crippen LogP contribution in [-0.2, 0) is 29.8 Å². The minimum atomic E-state index is -1.23. The minimum absolute atomic E-state index is 0.104. The fourth-order valence-electron chi connectivity index (χ4n) is 6.68. The number of benzene rings is 2. The van der Waals surface area contributed by atoms with Crippen LogP contribution in [0.4, 0.5) is 0 Å². The van der Waals surface area contributed by atoms with Crippen LogP contribution in [0.25, 0.3) is 10.2 Å². The number of rotatable bonds is 6. The summed E-state index contributed by atoms with van der Waals surface area (Å²) in [7, 11) is 0. The molecule has 212 valence electrons. The zero-order chi connectivity index (χ0) is 28.0. The van der Waals surface area contributed by atoms with Crippen LogP contribution < -0.4 is 14.8 Å². The van der Waals surface area contributed by atoms with Gasteiger partial charge in [-0.3, -0.25) is 9.59 Å². The summed E-state index contributed by atoms with van der Waals surface area (Å²) in [4.78, 5) is 32.5. The molecule has 1 aliphatic carbocycles. The van der Waals surface area contributed by atoms with Crippen LogP contribution >= 0.6 is 11.3 Å². The molecule has 4 heterocycles. The van der Waals surface area contributed by atoms with Gasteiger partial charge in [0.15, 0.2) is 17.0 Å². The molecule has 1 fully saturated rings. The van der Waals surface area contributed by atoms with Gasteiger partial charge in [0, 0.05) is 17.5 Å². The maximum atomic E-state index is 14.8. The fourth-order valence-corrected chi connectivity index (χ4v) is 7.73. The summed E-state index contributed by atoms with van der Waals surface area (Å²) in [6.07, 6.45) is 7.50. The molecule has 2 aromatic carbocycles. The van der Waals surface area contributed by atoms with Crippen LogP contribution in [0, 0.1) is 0 Å². The number of amides is 2. The molecule has 0 radical (unpaired) electrons. The summed E-state index contributed by atoms with van der Waals surface area (Å²) in [5, 5.41) is 3.45. The summed E-state index contributed by atoms with van der Waals surface area (Å²) in [5.74, 6) is 1.11. The van der Waals surface area contributed by atoms with Gasteiger partial charge in [0.25, 0.3) is 11.8 Å². The van der Waals surface area contributed by atoms with E-state index in [1.165, 1.54) is 17.7 Å². The first kappa shape index (κ1) is 26.1. The van der Waals surface area contributed by atoms with Gasteiger partial charge >= 0.3 is 0 Å². The summed E-state index contributed by atoms with van der Waals surface area (Å²) in [6, 6.07) is 19.9. The first-order valence-corrected chi connectivity index (χ1v) is 15.6. The number of carbonyl (C=O) groups is 2. The average molecular weight is 570 g/mol. The molecule has 2 amide bonds. The van der Waals surface area contributed by atoms with Crippen molar-refractivity contribution in [3.63, 3.8) is 0 Å². The second-order valence-electron chi connectivity index (χ2n) is 11.4. The van der Waals surface area contributed by atoms with Crippen molar-refractivity contribution in [2.24, 2.45) is 0 Å². The summed E-state index contributed by atoms with van der Waals surface area (Å²) in [5.41, 5.74) is 2.14. The van der Waals surface area contributed by atoms with Crippen LogP contribution in [0.3, 0.4) is 0 Å². The molecule has 7 nitrogen and oxygen atoms in total. The molecule has 4 aromatic rings. The Morgan fingerprint density at radius 1 is 1.00 bits per heavy atom. The molecule has 7 rings (SSSR count). The Bertz CT molecular complexity index is 1600. The van der Waals surface area contributed by atoms with E-state index in [0.29, 0.717) is 23.7 Å². The number of aromatic nitrogens is 1. The molecular weight excluding hydrogens is 534 g/mol. The lowest BCUT2D eigenvalue weighted by Crippen LogP contribution is -2.63. The Balaban J connectivity index is 1.38. The lowest BCUT2D eigenvalue weighted by Gasteiger charge is -2.47. The van der Waals surface area contributed by atoms with Gasteiger partial charge in [-0.1, -0.05) is 69.0 Å². The van der Waals surface area contributed by atoms with Crippen molar-refractivity contribution in [1.82, 2.24) is 14.8 Å². The number of thiophene rings is 1. The molecule has 41 heavy (non-hydrogen) atoms. The number of hydrogen-bond acceptors (Lipinski definition) is 5. The molecule has 3 aliphatic rings. The van der Waals surface area contributed by atoms with Gasteiger partial charge in [-0.15, -0.1) is 11.3 Å². The predicted octanol–water partition coefficient (Wildman–Crippen LogP) is 6.38. The Labute approximate surface area is 244 Å². The van der Waals surface area contributed by atoms with Crippen LogP contribution in [0.2, 0.25) is 0 Å². The van der Waals surface area contributed by atoms with Crippen molar-refractivity contribution in [3.05, 3.63) is 82.4 Å². The molecule has 1 saturated carbocycles. The Hall–Kier alpha value is -3.78. The van der Waals surface area contributed by atoms with Gasteiger partial charge in [-0.2, -0.15) is 0 Å². The van der Waals surface area contributed by atoms with E-state index in [4.69, 9.17) is 9.47 Å². The van der Waals surface area contributed by atoms with Crippen molar-refractivity contribution in [3.8, 4) is 11.5 Å². The van der Waals surface area contributed by atoms with Crippen LogP contribution in [0.5, 0.6) is 11.5 Å². The van der Waals surface area contributed by atoms with E-state index < -0.39 is 5.54 Å². The predicted molar refractivity (Wildman–Crippen MR) is 159 cm³/mol. The standard InChI is InChI=1S/C33H35N3O4S/c1-2-25-17-26-30(41-25)18-27-31(37)36(19-22-14-15-28-29(16-22)40-21-39-28)33(20-35(26)27,23-10-6-5-7-11-23)32(38)34-24-12-8-3-4-9-13-24/h5-7,10-11,14-18,24H,2-4,8-9,12-13,19-21H2,1H3,(H,34,38)/t33-/m1/s1. The quantitative estimate of drug-likeness (QED) is 0.273. The molecule has 0 spiro atoms. The van der Waals surface area contributed by atoms with E-state index >= 15 is 0 Å². The second-order valence-corrected chi connectivity index (χ2v) is 12.6. The van der Waals surface area contributed by atoms with Gasteiger partial charge in [-0.05, 0) is 54.7 Å². The van der Waals surface area contributed by atoms with Gasteiger partial charge in [0.2, 0.25) is 6.79 Å². The first-order chi connectivity index (χ1) is 20.1. The largest absolute Gasteiger partial charge is 0.454 e. The smallest absolute Gasteiger partial charge is 0.272 e. The number of hydrogen-bond donors (Lipinski definition) is 1. The van der Waals surface area contributed by atoms with Crippen molar-refractivity contribution in [2.75, 3.05) is 6.79 Å². The maximum absolute atomic E-state index is 14.8. The Morgan fingerprint density at radius 3 is 2.56 bits per heavy atom. The number of nitrogens with one attached hydrogen (secondary N) is 1. The van der Waals surface area contributed by atoms with Crippen molar-refractivity contribution in [2.45, 2.75) is 76.5 Å². The van der Waals surface area contributed by atoms with E-state index in [-0.39, 0.29) is 31.2 Å². The molecular formula is C33H35N3O4S. The Kier molecular flexibility index (Phi) is 6.73. The van der Waals surface area contributed by atoms with Gasteiger partial charge < -0.3 is 24.3 Å². The third-order valence-corrected chi connectivity index (χ3v) is 10.1. The van der Waals surface area contributed by atoms with Crippen molar-refractivity contribution < 1.29 is 19.1 Å². The molecule has 0 saturated heterocycles. The highest BCUT2D eigenvalue weighted by Gasteiger charge is 2.53. The zero-order valence-corrected chi connectivity index (χ0v) is 24.2. The minimum Gasteiger partial charge on any atom is -0.454 e. The van der Waals surface area contributed by atoms with Gasteiger partial charge in [0.05, 0.1) is 16.8 Å². The van der Waals surface area contributed by atoms with E-state index in [1.54, 1.807) is 16.2 Å². The van der Waals surface area contributed by atoms with Crippen molar-refractivity contribution >= 4 is 33.4 Å². The SMILES string of the molecule is CCc1cc2c(cc3n2C[C@](C(=O)NC2CCCCCC2)(c2ccccc2)N(Cc2ccc4c(c2)OCO4)C3=O)s1. The summed E-state index contributed by atoms with van der Waals surface area (Å²) < 4.78 is 14.4. The highest BCUT2D eigenvalue weighted by Crippen LogP contribution is 2.43. The number of fused-ring (bicyclic) bond motifs is 4. The molecule has 2 aromatic heterocycles. The molecule has 0 bridgehead atoms. The number of aryl methyl sites for hydroxylation is 1. The zero-order valence-electron chi connectivity index (χ0n) is 23.4. The maximum Gasteiger partial charge on any atom is 0.272 e. The third-order valence-electron chi connectivity index (χ3n) is 8.90. The fraction of sp³-hybridized carbons (Fsp3) is 0.394. The number of nitrogens with zero attached hydrogens (tertiary/aromatic N) is 2. The lowest BCUT2D eigenvalue weighted by atomic mass is 9.83. The number of ether oxygens (including phenoxy) is 2. The summed E-state index contributed by atoms with van der Waals surface area (Å²) >= 11 is 1.72. The molecule has 1 N–H and O–H groups in total. The van der Waals surface area contributed by atoms with E-state index in [9.17, 15) is 9.59 Å². The van der Waals surface area contributed by atoms with E-state index in [2.05, 4.69) is 22.9 Å². The number of carbonyl (C=O) groups excluding carboxylic acids is 2. The van der Waals surface area contributed by atoms with Crippen LogP contribution in [0.1, 0.15) is 71.9 Å². The van der Waals surface area contributed by atoms with E-state index in [1.807, 2.05) is 54.6 Å². The lowest BCUT2D eigenvalue weighted by molar-refractivity contribution is -0.136. The topological polar surface area (TPSA) is 72.8 Å². The van der Waals surface area contributed by atoms with E-state index in [0.717, 1.165) is 53.4 Å². The normalized spacial score (nSPS) is 20.7. The average Bonchev–Trinajstić information content (AvgIpc) is 3.65. The highest BCUT2D eigenvalue weighted by molar-refractivity contribution is 7.19. The molecule has 8 heteroatoms. The first-order valence-electron chi connectivity index (χ1n) is 14.8. The second kappa shape index (κ2) is 10.6. The molecule has 1 atom stereocenters. The molecule has 0 unspecified atom stereocenters. The van der Waals surface area contributed by atoms with Gasteiger partial charge in [-0.25, -0.2) is 0 Å². The van der Waals surface area contributed by atoms with Crippen molar-refractivity contribution in [1.29, 1.82) is 0 Å².